The molecule has 0 spiro atoms. The highest BCUT2D eigenvalue weighted by Gasteiger charge is 2.26. The number of aromatic nitrogens is 1. The van der Waals surface area contributed by atoms with Crippen molar-refractivity contribution >= 4 is 41.7 Å². The van der Waals surface area contributed by atoms with E-state index in [-0.39, 0.29) is 35.8 Å². The molecule has 1 amide bonds. The molecule has 3 N–H and O–H groups in total. The molecular formula is C22H37IN6O2. The Kier molecular flexibility index (Phi) is 10.8. The normalized spacial score (nSPS) is 20.3. The second-order valence-corrected chi connectivity index (χ2v) is 7.99. The molecule has 2 fully saturated rings. The van der Waals surface area contributed by atoms with Gasteiger partial charge in [-0.3, -0.25) is 4.79 Å². The van der Waals surface area contributed by atoms with Gasteiger partial charge in [-0.25, -0.2) is 9.98 Å². The number of nitrogens with two attached hydrogens (primary N) is 1. The first-order valence-electron chi connectivity index (χ1n) is 11.2. The first-order chi connectivity index (χ1) is 14.6. The number of carbonyl (C=O) groups excluding carboxylic acids is 1. The van der Waals surface area contributed by atoms with Crippen molar-refractivity contribution in [3.8, 4) is 0 Å². The van der Waals surface area contributed by atoms with Crippen molar-refractivity contribution < 1.29 is 9.53 Å². The fourth-order valence-electron chi connectivity index (χ4n) is 4.30. The molecule has 31 heavy (non-hydrogen) atoms. The Balaban J connectivity index is 0.00000341. The van der Waals surface area contributed by atoms with Crippen molar-refractivity contribution in [2.75, 3.05) is 44.2 Å². The number of nitrogens with zero attached hydrogens (tertiary/aromatic N) is 4. The van der Waals surface area contributed by atoms with Gasteiger partial charge in [0, 0.05) is 51.1 Å². The van der Waals surface area contributed by atoms with Crippen LogP contribution in [0.5, 0.6) is 0 Å². The molecule has 9 heteroatoms. The second kappa shape index (κ2) is 13.0. The third-order valence-electron chi connectivity index (χ3n) is 5.87. The summed E-state index contributed by atoms with van der Waals surface area (Å²) in [4.78, 5) is 25.7. The number of primary amides is 1. The number of piperidine rings is 2. The highest BCUT2D eigenvalue weighted by atomic mass is 127. The van der Waals surface area contributed by atoms with Gasteiger partial charge in [0.25, 0.3) is 0 Å². The highest BCUT2D eigenvalue weighted by Crippen LogP contribution is 2.25. The van der Waals surface area contributed by atoms with E-state index in [4.69, 9.17) is 15.5 Å². The molecule has 1 aromatic heterocycles. The number of nitrogens with one attached hydrogen (secondary N) is 1. The summed E-state index contributed by atoms with van der Waals surface area (Å²) in [5.74, 6) is 1.52. The summed E-state index contributed by atoms with van der Waals surface area (Å²) >= 11 is 0. The molecule has 0 radical (unpaired) electrons. The lowest BCUT2D eigenvalue weighted by Gasteiger charge is -2.34. The summed E-state index contributed by atoms with van der Waals surface area (Å²) in [7, 11) is 0. The van der Waals surface area contributed by atoms with Crippen LogP contribution in [0.1, 0.15) is 45.1 Å². The standard InChI is InChI=1S/C22H36N6O2.HI/c1-3-24-22(27-13-9-19(10-14-27)30-4-2)26-15-17-7-5-11-25-21(17)28-12-6-8-18(16-28)20(23)29;/h5,7,11,18-19H,3-4,6,8-10,12-16H2,1-2H3,(H2,23,29)(H,24,26);1H. The molecule has 174 valence electrons. The maximum atomic E-state index is 11.7. The average molecular weight is 544 g/mol. The molecule has 1 atom stereocenters. The zero-order valence-corrected chi connectivity index (χ0v) is 21.1. The molecular weight excluding hydrogens is 507 g/mol. The fourth-order valence-corrected chi connectivity index (χ4v) is 4.30. The van der Waals surface area contributed by atoms with Gasteiger partial charge in [-0.1, -0.05) is 6.07 Å². The Labute approximate surface area is 203 Å². The molecule has 1 aromatic rings. The van der Waals surface area contributed by atoms with Gasteiger partial charge in [0.15, 0.2) is 5.96 Å². The smallest absolute Gasteiger partial charge is 0.222 e. The second-order valence-electron chi connectivity index (χ2n) is 7.99. The number of ether oxygens (including phenoxy) is 1. The maximum Gasteiger partial charge on any atom is 0.222 e. The molecule has 0 bridgehead atoms. The van der Waals surface area contributed by atoms with E-state index in [2.05, 4.69) is 40.0 Å². The van der Waals surface area contributed by atoms with Crippen LogP contribution in [0.3, 0.4) is 0 Å². The van der Waals surface area contributed by atoms with Crippen molar-refractivity contribution in [3.63, 3.8) is 0 Å². The lowest BCUT2D eigenvalue weighted by Crippen LogP contribution is -2.47. The number of halogens is 1. The molecule has 8 nitrogen and oxygen atoms in total. The zero-order chi connectivity index (χ0) is 21.3. The zero-order valence-electron chi connectivity index (χ0n) is 18.8. The summed E-state index contributed by atoms with van der Waals surface area (Å²) in [6.07, 6.45) is 6.02. The van der Waals surface area contributed by atoms with E-state index in [1.165, 1.54) is 0 Å². The Hall–Kier alpha value is -1.62. The van der Waals surface area contributed by atoms with E-state index in [0.717, 1.165) is 75.8 Å². The first kappa shape index (κ1) is 25.6. The summed E-state index contributed by atoms with van der Waals surface area (Å²) in [5, 5.41) is 3.43. The molecule has 0 saturated carbocycles. The Morgan fingerprint density at radius 1 is 1.29 bits per heavy atom. The Bertz CT molecular complexity index is 724. The van der Waals surface area contributed by atoms with Gasteiger partial charge in [0.05, 0.1) is 18.6 Å². The number of pyridine rings is 1. The van der Waals surface area contributed by atoms with Crippen molar-refractivity contribution in [2.24, 2.45) is 16.6 Å². The lowest BCUT2D eigenvalue weighted by atomic mass is 9.97. The van der Waals surface area contributed by atoms with Gasteiger partial charge in [-0.15, -0.1) is 24.0 Å². The van der Waals surface area contributed by atoms with Gasteiger partial charge in [0.2, 0.25) is 5.91 Å². The summed E-state index contributed by atoms with van der Waals surface area (Å²) in [6.45, 7) is 9.72. The van der Waals surface area contributed by atoms with Gasteiger partial charge in [-0.2, -0.15) is 0 Å². The lowest BCUT2D eigenvalue weighted by molar-refractivity contribution is -0.122. The van der Waals surface area contributed by atoms with Crippen LogP contribution < -0.4 is 16.0 Å². The maximum absolute atomic E-state index is 11.7. The molecule has 0 aromatic carbocycles. The fraction of sp³-hybridized carbons (Fsp3) is 0.682. The molecule has 2 saturated heterocycles. The SMILES string of the molecule is CCNC(=NCc1cccnc1N1CCCC(C(N)=O)C1)N1CCC(OCC)CC1.I. The third kappa shape index (κ3) is 7.20. The molecule has 2 aliphatic heterocycles. The van der Waals surface area contributed by atoms with Crippen LogP contribution in [0.4, 0.5) is 5.82 Å². The predicted molar refractivity (Wildman–Crippen MR) is 135 cm³/mol. The van der Waals surface area contributed by atoms with E-state index < -0.39 is 0 Å². The Morgan fingerprint density at radius 2 is 2.06 bits per heavy atom. The molecule has 2 aliphatic rings. The van der Waals surface area contributed by atoms with Crippen LogP contribution >= 0.6 is 24.0 Å². The van der Waals surface area contributed by atoms with Crippen molar-refractivity contribution in [3.05, 3.63) is 23.9 Å². The molecule has 3 heterocycles. The number of rotatable bonds is 7. The van der Waals surface area contributed by atoms with Crippen LogP contribution in [-0.4, -0.2) is 67.2 Å². The quantitative estimate of drug-likeness (QED) is 0.311. The van der Waals surface area contributed by atoms with Crippen LogP contribution in [-0.2, 0) is 16.1 Å². The van der Waals surface area contributed by atoms with Gasteiger partial charge in [-0.05, 0) is 45.6 Å². The minimum atomic E-state index is -0.222. The van der Waals surface area contributed by atoms with E-state index in [9.17, 15) is 4.79 Å². The molecule has 1 unspecified atom stereocenters. The topological polar surface area (TPSA) is 96.1 Å². The number of amides is 1. The van der Waals surface area contributed by atoms with Crippen LogP contribution in [0.15, 0.2) is 23.3 Å². The number of hydrogen-bond acceptors (Lipinski definition) is 5. The number of likely N-dealkylation sites (tertiary alicyclic amines) is 1. The van der Waals surface area contributed by atoms with Crippen molar-refractivity contribution in [1.29, 1.82) is 0 Å². The van der Waals surface area contributed by atoms with Gasteiger partial charge >= 0.3 is 0 Å². The molecule has 3 rings (SSSR count). The number of aliphatic imine (C=N–C) groups is 1. The van der Waals surface area contributed by atoms with Crippen LogP contribution in [0, 0.1) is 5.92 Å². The summed E-state index contributed by atoms with van der Waals surface area (Å²) in [6, 6.07) is 4.02. The van der Waals surface area contributed by atoms with Gasteiger partial charge < -0.3 is 25.6 Å². The van der Waals surface area contributed by atoms with Crippen LogP contribution in [0.2, 0.25) is 0 Å². The molecule has 0 aliphatic carbocycles. The third-order valence-corrected chi connectivity index (χ3v) is 5.87. The number of anilines is 1. The number of carbonyl (C=O) groups is 1. The van der Waals surface area contributed by atoms with E-state index in [0.29, 0.717) is 19.2 Å². The van der Waals surface area contributed by atoms with Crippen molar-refractivity contribution in [2.45, 2.75) is 52.2 Å². The monoisotopic (exact) mass is 544 g/mol. The first-order valence-corrected chi connectivity index (χ1v) is 11.2. The number of hydrogen-bond donors (Lipinski definition) is 2. The minimum absolute atomic E-state index is 0. The van der Waals surface area contributed by atoms with Crippen molar-refractivity contribution in [1.82, 2.24) is 15.2 Å². The van der Waals surface area contributed by atoms with Gasteiger partial charge in [0.1, 0.15) is 5.82 Å². The van der Waals surface area contributed by atoms with E-state index >= 15 is 0 Å². The highest BCUT2D eigenvalue weighted by molar-refractivity contribution is 14.0. The predicted octanol–water partition coefficient (Wildman–Crippen LogP) is 2.37. The Morgan fingerprint density at radius 3 is 2.74 bits per heavy atom. The van der Waals surface area contributed by atoms with E-state index in [1.54, 1.807) is 6.20 Å². The van der Waals surface area contributed by atoms with Crippen LogP contribution in [0.25, 0.3) is 0 Å². The minimum Gasteiger partial charge on any atom is -0.378 e. The average Bonchev–Trinajstić information content (AvgIpc) is 2.78. The van der Waals surface area contributed by atoms with E-state index in [1.807, 2.05) is 6.07 Å². The largest absolute Gasteiger partial charge is 0.378 e. The number of guanidine groups is 1. The summed E-state index contributed by atoms with van der Waals surface area (Å²) < 4.78 is 5.77. The summed E-state index contributed by atoms with van der Waals surface area (Å²) in [5.41, 5.74) is 6.63.